The lowest BCUT2D eigenvalue weighted by Gasteiger charge is -2.32. The van der Waals surface area contributed by atoms with Gasteiger partial charge in [0, 0.05) is 43.1 Å². The Morgan fingerprint density at radius 2 is 2.00 bits per heavy atom. The third-order valence-electron chi connectivity index (χ3n) is 6.09. The summed E-state index contributed by atoms with van der Waals surface area (Å²) in [6.45, 7) is 3.87. The zero-order valence-electron chi connectivity index (χ0n) is 18.2. The molecule has 31 heavy (non-hydrogen) atoms. The predicted octanol–water partition coefficient (Wildman–Crippen LogP) is 3.92. The summed E-state index contributed by atoms with van der Waals surface area (Å²) in [7, 11) is 3.08. The number of likely N-dealkylation sites (tertiary alicyclic amines) is 1. The van der Waals surface area contributed by atoms with Gasteiger partial charge in [0.25, 0.3) is 0 Å². The summed E-state index contributed by atoms with van der Waals surface area (Å²) in [5.41, 5.74) is 1.40. The van der Waals surface area contributed by atoms with Gasteiger partial charge in [-0.25, -0.2) is 0 Å². The molecule has 0 aliphatic carbocycles. The number of hydrogen-bond acceptors (Lipinski definition) is 6. The van der Waals surface area contributed by atoms with E-state index in [4.69, 9.17) is 18.9 Å². The van der Waals surface area contributed by atoms with E-state index >= 15 is 0 Å². The van der Waals surface area contributed by atoms with Crippen molar-refractivity contribution in [1.29, 1.82) is 0 Å². The van der Waals surface area contributed by atoms with Gasteiger partial charge in [-0.1, -0.05) is 13.0 Å². The van der Waals surface area contributed by atoms with Gasteiger partial charge in [-0.15, -0.1) is 0 Å². The molecule has 4 rings (SSSR count). The number of phenols is 1. The number of benzene rings is 2. The van der Waals surface area contributed by atoms with Gasteiger partial charge >= 0.3 is 0 Å². The molecule has 2 aromatic rings. The first-order valence-corrected chi connectivity index (χ1v) is 10.6. The molecule has 2 aromatic carbocycles. The fourth-order valence-electron chi connectivity index (χ4n) is 4.46. The molecule has 7 nitrogen and oxygen atoms in total. The van der Waals surface area contributed by atoms with E-state index in [-0.39, 0.29) is 24.9 Å². The summed E-state index contributed by atoms with van der Waals surface area (Å²) in [4.78, 5) is 15.2. The highest BCUT2D eigenvalue weighted by atomic mass is 16.7. The van der Waals surface area contributed by atoms with Crippen LogP contribution in [0.15, 0.2) is 30.3 Å². The highest BCUT2D eigenvalue weighted by Crippen LogP contribution is 2.45. The van der Waals surface area contributed by atoms with E-state index in [0.717, 1.165) is 31.5 Å². The number of methoxy groups -OCH3 is 2. The predicted molar refractivity (Wildman–Crippen MR) is 115 cm³/mol. The Hall–Kier alpha value is -3.09. The monoisotopic (exact) mass is 427 g/mol. The summed E-state index contributed by atoms with van der Waals surface area (Å²) in [5.74, 6) is 2.42. The number of carbonyl (C=O) groups excluding carboxylic acids is 1. The van der Waals surface area contributed by atoms with Crippen LogP contribution in [0.4, 0.5) is 0 Å². The van der Waals surface area contributed by atoms with E-state index in [0.29, 0.717) is 34.5 Å². The number of amides is 1. The minimum Gasteiger partial charge on any atom is -0.507 e. The number of nitrogens with zero attached hydrogens (tertiary/aromatic N) is 1. The van der Waals surface area contributed by atoms with Crippen molar-refractivity contribution in [3.63, 3.8) is 0 Å². The van der Waals surface area contributed by atoms with Crippen LogP contribution in [-0.4, -0.2) is 50.0 Å². The van der Waals surface area contributed by atoms with Gasteiger partial charge in [-0.2, -0.15) is 0 Å². The van der Waals surface area contributed by atoms with Crippen LogP contribution in [0.3, 0.4) is 0 Å². The van der Waals surface area contributed by atoms with Crippen LogP contribution in [-0.2, 0) is 4.79 Å². The van der Waals surface area contributed by atoms with E-state index in [1.807, 2.05) is 23.1 Å². The van der Waals surface area contributed by atoms with E-state index in [1.165, 1.54) is 7.11 Å². The molecule has 2 aliphatic rings. The lowest BCUT2D eigenvalue weighted by molar-refractivity contribution is -0.133. The molecule has 0 aromatic heterocycles. The van der Waals surface area contributed by atoms with Crippen molar-refractivity contribution in [1.82, 2.24) is 4.90 Å². The van der Waals surface area contributed by atoms with E-state index in [9.17, 15) is 9.90 Å². The Bertz CT molecular complexity index is 959. The summed E-state index contributed by atoms with van der Waals surface area (Å²) in [5, 5.41) is 10.9. The molecular weight excluding hydrogens is 398 g/mol. The van der Waals surface area contributed by atoms with E-state index < -0.39 is 5.92 Å². The topological polar surface area (TPSA) is 77.5 Å². The quantitative estimate of drug-likeness (QED) is 0.753. The number of fused-ring (bicyclic) bond motifs is 1. The van der Waals surface area contributed by atoms with Crippen LogP contribution in [0, 0.1) is 5.92 Å². The maximum absolute atomic E-state index is 13.3. The Kier molecular flexibility index (Phi) is 6.11. The maximum Gasteiger partial charge on any atom is 0.231 e. The van der Waals surface area contributed by atoms with Crippen LogP contribution < -0.4 is 18.9 Å². The molecule has 2 aliphatic heterocycles. The van der Waals surface area contributed by atoms with Gasteiger partial charge in [0.2, 0.25) is 12.7 Å². The molecule has 0 spiro atoms. The average molecular weight is 427 g/mol. The van der Waals surface area contributed by atoms with Crippen molar-refractivity contribution in [3.05, 3.63) is 41.5 Å². The van der Waals surface area contributed by atoms with Gasteiger partial charge in [0.05, 0.1) is 14.2 Å². The van der Waals surface area contributed by atoms with Crippen LogP contribution in [0.5, 0.6) is 28.7 Å². The molecule has 2 unspecified atom stereocenters. The van der Waals surface area contributed by atoms with Gasteiger partial charge in [0.1, 0.15) is 17.2 Å². The van der Waals surface area contributed by atoms with Crippen molar-refractivity contribution in [2.45, 2.75) is 32.1 Å². The Labute approximate surface area is 182 Å². The molecule has 2 heterocycles. The zero-order valence-corrected chi connectivity index (χ0v) is 18.2. The van der Waals surface area contributed by atoms with E-state index in [2.05, 4.69) is 6.92 Å². The molecule has 2 atom stereocenters. The Morgan fingerprint density at radius 3 is 2.74 bits per heavy atom. The number of rotatable bonds is 6. The first-order chi connectivity index (χ1) is 15.0. The number of phenolic OH excluding ortho intramolecular Hbond substituents is 1. The van der Waals surface area contributed by atoms with Crippen LogP contribution >= 0.6 is 0 Å². The SMILES string of the molecule is COc1cc(O)c(C(CC(=O)N2CCCC(C)C2)c2ccc3c(c2)OCO3)c(OC)c1. The van der Waals surface area contributed by atoms with Crippen LogP contribution in [0.1, 0.15) is 43.2 Å². The van der Waals surface area contributed by atoms with Gasteiger partial charge in [-0.3, -0.25) is 4.79 Å². The van der Waals surface area contributed by atoms with Gasteiger partial charge in [-0.05, 0) is 36.5 Å². The molecule has 1 fully saturated rings. The molecule has 0 saturated carbocycles. The molecule has 7 heteroatoms. The molecular formula is C24H29NO6. The number of carbonyl (C=O) groups is 1. The molecule has 0 bridgehead atoms. The minimum absolute atomic E-state index is 0.0266. The first kappa shape index (κ1) is 21.2. The first-order valence-electron chi connectivity index (χ1n) is 10.6. The average Bonchev–Trinajstić information content (AvgIpc) is 3.25. The van der Waals surface area contributed by atoms with Gasteiger partial charge < -0.3 is 29.0 Å². The minimum atomic E-state index is -0.417. The molecule has 0 radical (unpaired) electrons. The molecule has 166 valence electrons. The second-order valence-electron chi connectivity index (χ2n) is 8.22. The van der Waals surface area contributed by atoms with Crippen molar-refractivity contribution in [3.8, 4) is 28.7 Å². The molecule has 1 N–H and O–H groups in total. The lowest BCUT2D eigenvalue weighted by Crippen LogP contribution is -2.39. The van der Waals surface area contributed by atoms with E-state index in [1.54, 1.807) is 19.2 Å². The summed E-state index contributed by atoms with van der Waals surface area (Å²) in [6.07, 6.45) is 2.36. The second kappa shape index (κ2) is 8.96. The highest BCUT2D eigenvalue weighted by Gasteiger charge is 2.30. The largest absolute Gasteiger partial charge is 0.507 e. The second-order valence-corrected chi connectivity index (χ2v) is 8.22. The fourth-order valence-corrected chi connectivity index (χ4v) is 4.46. The zero-order chi connectivity index (χ0) is 22.0. The van der Waals surface area contributed by atoms with Gasteiger partial charge in [0.15, 0.2) is 11.5 Å². The normalized spacial score (nSPS) is 18.5. The Balaban J connectivity index is 1.74. The smallest absolute Gasteiger partial charge is 0.231 e. The van der Waals surface area contributed by atoms with Crippen molar-refractivity contribution in [2.24, 2.45) is 5.92 Å². The molecule has 1 amide bonds. The van der Waals surface area contributed by atoms with Crippen LogP contribution in [0.25, 0.3) is 0 Å². The maximum atomic E-state index is 13.3. The number of aromatic hydroxyl groups is 1. The third kappa shape index (κ3) is 4.36. The van der Waals surface area contributed by atoms with Crippen molar-refractivity contribution in [2.75, 3.05) is 34.1 Å². The van der Waals surface area contributed by atoms with Crippen LogP contribution in [0.2, 0.25) is 0 Å². The van der Waals surface area contributed by atoms with Crippen molar-refractivity contribution < 1.29 is 28.8 Å². The third-order valence-corrected chi connectivity index (χ3v) is 6.09. The van der Waals surface area contributed by atoms with Crippen molar-refractivity contribution >= 4 is 5.91 Å². The Morgan fingerprint density at radius 1 is 1.19 bits per heavy atom. The number of ether oxygens (including phenoxy) is 4. The fraction of sp³-hybridized carbons (Fsp3) is 0.458. The number of piperidine rings is 1. The highest BCUT2D eigenvalue weighted by molar-refractivity contribution is 5.78. The summed E-state index contributed by atoms with van der Waals surface area (Å²) in [6, 6.07) is 8.90. The lowest BCUT2D eigenvalue weighted by atomic mass is 9.86. The number of hydrogen-bond donors (Lipinski definition) is 1. The molecule has 1 saturated heterocycles. The standard InChI is InChI=1S/C24H29NO6/c1-15-5-4-8-25(13-15)23(27)12-18(16-6-7-20-21(9-16)31-14-30-20)24-19(26)10-17(28-2)11-22(24)29-3/h6-7,9-11,15,18,26H,4-5,8,12-14H2,1-3H3. The summed E-state index contributed by atoms with van der Waals surface area (Å²) >= 11 is 0. The summed E-state index contributed by atoms with van der Waals surface area (Å²) < 4.78 is 21.9.